The molecule has 4 nitrogen and oxygen atoms in total. The molecule has 25 heavy (non-hydrogen) atoms. The minimum Gasteiger partial charge on any atom is -0.494 e. The Morgan fingerprint density at radius 1 is 0.960 bits per heavy atom. The molecule has 0 unspecified atom stereocenters. The van der Waals surface area contributed by atoms with E-state index in [2.05, 4.69) is 36.5 Å². The fourth-order valence-electron chi connectivity index (χ4n) is 2.74. The standard InChI is InChI=1S/C21H35NO3/c1-2-3-4-5-6-7-8-18-25-20-13-11-19(12-14-20)10-9-16-22-17-15-21(23)24/h11-14,22H,2-10,15-18H2,1H3,(H,23,24). The molecule has 0 fully saturated rings. The Balaban J connectivity index is 2.02. The molecule has 0 bridgehead atoms. The predicted molar refractivity (Wildman–Crippen MR) is 103 cm³/mol. The number of carboxylic acid groups (broad SMARTS) is 1. The van der Waals surface area contributed by atoms with E-state index in [4.69, 9.17) is 9.84 Å². The highest BCUT2D eigenvalue weighted by atomic mass is 16.5. The highest BCUT2D eigenvalue weighted by molar-refractivity contribution is 5.66. The number of unbranched alkanes of at least 4 members (excludes halogenated alkanes) is 6. The maximum Gasteiger partial charge on any atom is 0.304 e. The number of carboxylic acids is 1. The van der Waals surface area contributed by atoms with Crippen molar-refractivity contribution >= 4 is 5.97 Å². The van der Waals surface area contributed by atoms with Crippen molar-refractivity contribution in [3.63, 3.8) is 0 Å². The molecule has 4 heteroatoms. The molecule has 0 radical (unpaired) electrons. The van der Waals surface area contributed by atoms with Gasteiger partial charge < -0.3 is 15.2 Å². The quantitative estimate of drug-likeness (QED) is 0.420. The van der Waals surface area contributed by atoms with Crippen LogP contribution in [0.25, 0.3) is 0 Å². The first-order valence-electron chi connectivity index (χ1n) is 9.86. The Labute approximate surface area is 153 Å². The molecule has 2 N–H and O–H groups in total. The molecular weight excluding hydrogens is 314 g/mol. The molecule has 142 valence electrons. The number of hydrogen-bond donors (Lipinski definition) is 2. The van der Waals surface area contributed by atoms with Gasteiger partial charge in [0.15, 0.2) is 0 Å². The van der Waals surface area contributed by atoms with Gasteiger partial charge in [-0.3, -0.25) is 4.79 Å². The number of aliphatic carboxylic acids is 1. The molecule has 1 aromatic rings. The van der Waals surface area contributed by atoms with Crippen LogP contribution in [0.1, 0.15) is 70.3 Å². The number of benzene rings is 1. The van der Waals surface area contributed by atoms with Gasteiger partial charge in [-0.1, -0.05) is 57.6 Å². The van der Waals surface area contributed by atoms with E-state index in [9.17, 15) is 4.79 Å². The second-order valence-corrected chi connectivity index (χ2v) is 6.61. The molecule has 0 aliphatic heterocycles. The number of rotatable bonds is 16. The summed E-state index contributed by atoms with van der Waals surface area (Å²) in [5.74, 6) is 0.203. The van der Waals surface area contributed by atoms with Gasteiger partial charge in [-0.05, 0) is 43.5 Å². The van der Waals surface area contributed by atoms with Crippen LogP contribution in [0, 0.1) is 0 Å². The monoisotopic (exact) mass is 349 g/mol. The van der Waals surface area contributed by atoms with Crippen molar-refractivity contribution in [1.29, 1.82) is 0 Å². The molecular formula is C21H35NO3. The van der Waals surface area contributed by atoms with E-state index in [-0.39, 0.29) is 6.42 Å². The number of ether oxygens (including phenoxy) is 1. The molecule has 1 rings (SSSR count). The lowest BCUT2D eigenvalue weighted by Crippen LogP contribution is -2.19. The fourth-order valence-corrected chi connectivity index (χ4v) is 2.74. The number of carbonyl (C=O) groups is 1. The lowest BCUT2D eigenvalue weighted by atomic mass is 10.1. The minimum atomic E-state index is -0.750. The zero-order chi connectivity index (χ0) is 18.2. The van der Waals surface area contributed by atoms with Gasteiger partial charge in [-0.2, -0.15) is 0 Å². The minimum absolute atomic E-state index is 0.185. The number of aryl methyl sites for hydroxylation is 1. The van der Waals surface area contributed by atoms with Crippen molar-refractivity contribution < 1.29 is 14.6 Å². The van der Waals surface area contributed by atoms with Gasteiger partial charge in [0.2, 0.25) is 0 Å². The first kappa shape index (κ1) is 21.5. The van der Waals surface area contributed by atoms with Gasteiger partial charge in [0.25, 0.3) is 0 Å². The Bertz CT molecular complexity index is 445. The summed E-state index contributed by atoms with van der Waals surface area (Å²) in [5, 5.41) is 11.7. The van der Waals surface area contributed by atoms with Crippen LogP contribution >= 0.6 is 0 Å². The summed E-state index contributed by atoms with van der Waals surface area (Å²) in [4.78, 5) is 10.4. The topological polar surface area (TPSA) is 58.6 Å². The van der Waals surface area contributed by atoms with E-state index in [0.717, 1.165) is 38.2 Å². The third kappa shape index (κ3) is 12.5. The zero-order valence-corrected chi connectivity index (χ0v) is 15.8. The van der Waals surface area contributed by atoms with E-state index in [1.54, 1.807) is 0 Å². The summed E-state index contributed by atoms with van der Waals surface area (Å²) in [7, 11) is 0. The molecule has 0 atom stereocenters. The average molecular weight is 350 g/mol. The first-order valence-corrected chi connectivity index (χ1v) is 9.86. The van der Waals surface area contributed by atoms with E-state index in [1.807, 2.05) is 0 Å². The van der Waals surface area contributed by atoms with Crippen LogP contribution in [0.4, 0.5) is 0 Å². The van der Waals surface area contributed by atoms with Gasteiger partial charge in [-0.15, -0.1) is 0 Å². The fraction of sp³-hybridized carbons (Fsp3) is 0.667. The van der Waals surface area contributed by atoms with Crippen LogP contribution in [-0.2, 0) is 11.2 Å². The summed E-state index contributed by atoms with van der Waals surface area (Å²) >= 11 is 0. The second kappa shape index (κ2) is 14.8. The third-order valence-corrected chi connectivity index (χ3v) is 4.27. The molecule has 1 aromatic carbocycles. The molecule has 0 aliphatic rings. The van der Waals surface area contributed by atoms with Crippen molar-refractivity contribution in [2.24, 2.45) is 0 Å². The van der Waals surface area contributed by atoms with Crippen LogP contribution in [-0.4, -0.2) is 30.8 Å². The van der Waals surface area contributed by atoms with E-state index in [0.29, 0.717) is 6.54 Å². The SMILES string of the molecule is CCCCCCCCCOc1ccc(CCCNCCC(=O)O)cc1. The Hall–Kier alpha value is -1.55. The summed E-state index contributed by atoms with van der Waals surface area (Å²) < 4.78 is 5.80. The Morgan fingerprint density at radius 3 is 2.32 bits per heavy atom. The molecule has 0 aliphatic carbocycles. The summed E-state index contributed by atoms with van der Waals surface area (Å²) in [5.41, 5.74) is 1.29. The third-order valence-electron chi connectivity index (χ3n) is 4.27. The van der Waals surface area contributed by atoms with Crippen LogP contribution in [0.3, 0.4) is 0 Å². The first-order chi connectivity index (χ1) is 12.2. The van der Waals surface area contributed by atoms with E-state index >= 15 is 0 Å². The predicted octanol–water partition coefficient (Wildman–Crippen LogP) is 4.81. The second-order valence-electron chi connectivity index (χ2n) is 6.61. The lowest BCUT2D eigenvalue weighted by Gasteiger charge is -2.08. The smallest absolute Gasteiger partial charge is 0.304 e. The van der Waals surface area contributed by atoms with Crippen molar-refractivity contribution in [2.75, 3.05) is 19.7 Å². The number of nitrogens with one attached hydrogen (secondary N) is 1. The maximum absolute atomic E-state index is 10.4. The molecule has 0 saturated carbocycles. The Morgan fingerprint density at radius 2 is 1.64 bits per heavy atom. The lowest BCUT2D eigenvalue weighted by molar-refractivity contribution is -0.136. The highest BCUT2D eigenvalue weighted by Crippen LogP contribution is 2.14. The van der Waals surface area contributed by atoms with Crippen molar-refractivity contribution in [2.45, 2.75) is 71.1 Å². The van der Waals surface area contributed by atoms with E-state index < -0.39 is 5.97 Å². The van der Waals surface area contributed by atoms with Crippen molar-refractivity contribution in [1.82, 2.24) is 5.32 Å². The molecule has 0 aromatic heterocycles. The van der Waals surface area contributed by atoms with Crippen LogP contribution in [0.5, 0.6) is 5.75 Å². The zero-order valence-electron chi connectivity index (χ0n) is 15.8. The van der Waals surface area contributed by atoms with E-state index in [1.165, 1.54) is 44.1 Å². The normalized spacial score (nSPS) is 10.8. The van der Waals surface area contributed by atoms with Crippen LogP contribution < -0.4 is 10.1 Å². The molecule has 0 amide bonds. The van der Waals surface area contributed by atoms with Crippen LogP contribution in [0.15, 0.2) is 24.3 Å². The Kier molecular flexibility index (Phi) is 12.7. The van der Waals surface area contributed by atoms with Gasteiger partial charge in [-0.25, -0.2) is 0 Å². The maximum atomic E-state index is 10.4. The average Bonchev–Trinajstić information content (AvgIpc) is 2.61. The molecule has 0 heterocycles. The summed E-state index contributed by atoms with van der Waals surface area (Å²) in [6, 6.07) is 8.34. The van der Waals surface area contributed by atoms with Gasteiger partial charge in [0.05, 0.1) is 13.0 Å². The molecule has 0 spiro atoms. The van der Waals surface area contributed by atoms with Gasteiger partial charge >= 0.3 is 5.97 Å². The number of hydrogen-bond acceptors (Lipinski definition) is 3. The largest absolute Gasteiger partial charge is 0.494 e. The summed E-state index contributed by atoms with van der Waals surface area (Å²) in [6.45, 7) is 4.45. The molecule has 0 saturated heterocycles. The van der Waals surface area contributed by atoms with Gasteiger partial charge in [0, 0.05) is 6.54 Å². The van der Waals surface area contributed by atoms with Crippen LogP contribution in [0.2, 0.25) is 0 Å². The van der Waals surface area contributed by atoms with Crippen molar-refractivity contribution in [3.8, 4) is 5.75 Å². The van der Waals surface area contributed by atoms with Crippen molar-refractivity contribution in [3.05, 3.63) is 29.8 Å². The summed E-state index contributed by atoms with van der Waals surface area (Å²) in [6.07, 6.45) is 11.3. The van der Waals surface area contributed by atoms with Gasteiger partial charge in [0.1, 0.15) is 5.75 Å². The highest BCUT2D eigenvalue weighted by Gasteiger charge is 1.98.